The van der Waals surface area contributed by atoms with Gasteiger partial charge in [0.15, 0.2) is 16.5 Å². The summed E-state index contributed by atoms with van der Waals surface area (Å²) < 4.78 is 34.0. The van der Waals surface area contributed by atoms with E-state index < -0.39 is 9.84 Å². The molecule has 2 aromatic heterocycles. The van der Waals surface area contributed by atoms with Gasteiger partial charge in [-0.2, -0.15) is 0 Å². The standard InChI is InChI=1S/C26H22N4O3S/c1-33-22-14-12-19(13-15-22)16-30-18-27-23-25(30)28-24(21-10-6-3-7-11-21)29-26(23)34(31,32)17-20-8-4-2-5-9-20/h2-15,18H,16-17H2,1H3. The molecule has 2 heterocycles. The van der Waals surface area contributed by atoms with E-state index >= 15 is 0 Å². The van der Waals surface area contributed by atoms with Crippen molar-refractivity contribution < 1.29 is 13.2 Å². The monoisotopic (exact) mass is 470 g/mol. The van der Waals surface area contributed by atoms with Crippen LogP contribution in [-0.2, 0) is 22.1 Å². The predicted molar refractivity (Wildman–Crippen MR) is 130 cm³/mol. The van der Waals surface area contributed by atoms with E-state index in [1.165, 1.54) is 0 Å². The minimum atomic E-state index is -3.78. The van der Waals surface area contributed by atoms with Gasteiger partial charge in [0.2, 0.25) is 9.84 Å². The number of nitrogens with zero attached hydrogens (tertiary/aromatic N) is 4. The number of hydrogen-bond acceptors (Lipinski definition) is 6. The van der Waals surface area contributed by atoms with Crippen LogP contribution in [-0.4, -0.2) is 35.0 Å². The predicted octanol–water partition coefficient (Wildman–Crippen LogP) is 4.52. The van der Waals surface area contributed by atoms with Crippen molar-refractivity contribution in [3.05, 3.63) is 102 Å². The molecule has 0 unspecified atom stereocenters. The molecule has 5 rings (SSSR count). The van der Waals surface area contributed by atoms with E-state index in [9.17, 15) is 8.42 Å². The minimum absolute atomic E-state index is 0.0614. The van der Waals surface area contributed by atoms with E-state index in [1.54, 1.807) is 25.6 Å². The minimum Gasteiger partial charge on any atom is -0.497 e. The molecule has 0 aliphatic heterocycles. The van der Waals surface area contributed by atoms with E-state index in [-0.39, 0.29) is 16.3 Å². The van der Waals surface area contributed by atoms with Crippen molar-refractivity contribution in [3.63, 3.8) is 0 Å². The Morgan fingerprint density at radius 1 is 0.824 bits per heavy atom. The average molecular weight is 471 g/mol. The molecule has 0 aliphatic carbocycles. The van der Waals surface area contributed by atoms with Crippen molar-refractivity contribution in [3.8, 4) is 17.1 Å². The number of methoxy groups -OCH3 is 1. The third-order valence-electron chi connectivity index (χ3n) is 5.47. The molecule has 170 valence electrons. The van der Waals surface area contributed by atoms with Gasteiger partial charge < -0.3 is 9.30 Å². The molecule has 34 heavy (non-hydrogen) atoms. The highest BCUT2D eigenvalue weighted by Gasteiger charge is 2.25. The maximum atomic E-state index is 13.5. The van der Waals surface area contributed by atoms with Gasteiger partial charge in [0, 0.05) is 5.56 Å². The molecule has 8 heteroatoms. The lowest BCUT2D eigenvalue weighted by molar-refractivity contribution is 0.414. The highest BCUT2D eigenvalue weighted by molar-refractivity contribution is 7.90. The lowest BCUT2D eigenvalue weighted by atomic mass is 10.2. The number of hydrogen-bond donors (Lipinski definition) is 0. The van der Waals surface area contributed by atoms with Gasteiger partial charge in [-0.3, -0.25) is 0 Å². The summed E-state index contributed by atoms with van der Waals surface area (Å²) in [7, 11) is -2.16. The fraction of sp³-hybridized carbons (Fsp3) is 0.115. The van der Waals surface area contributed by atoms with Crippen molar-refractivity contribution in [2.24, 2.45) is 0 Å². The fourth-order valence-electron chi connectivity index (χ4n) is 3.76. The normalized spacial score (nSPS) is 11.6. The number of imidazole rings is 1. The zero-order chi connectivity index (χ0) is 23.5. The number of rotatable bonds is 7. The van der Waals surface area contributed by atoms with Gasteiger partial charge in [-0.15, -0.1) is 0 Å². The number of fused-ring (bicyclic) bond motifs is 1. The molecule has 7 nitrogen and oxygen atoms in total. The first kappa shape index (κ1) is 21.8. The molecular formula is C26H22N4O3S. The fourth-order valence-corrected chi connectivity index (χ4v) is 5.19. The Morgan fingerprint density at radius 3 is 2.18 bits per heavy atom. The molecule has 0 saturated carbocycles. The molecule has 0 bridgehead atoms. The summed E-state index contributed by atoms with van der Waals surface area (Å²) in [5, 5.41) is -0.0614. The lowest BCUT2D eigenvalue weighted by Crippen LogP contribution is -2.10. The van der Waals surface area contributed by atoms with Crippen LogP contribution in [0.2, 0.25) is 0 Å². The SMILES string of the molecule is COc1ccc(Cn2cnc3c(S(=O)(=O)Cc4ccccc4)nc(-c4ccccc4)nc32)cc1. The van der Waals surface area contributed by atoms with Gasteiger partial charge in [-0.25, -0.2) is 23.4 Å². The van der Waals surface area contributed by atoms with E-state index in [2.05, 4.69) is 9.97 Å². The van der Waals surface area contributed by atoms with E-state index in [0.29, 0.717) is 23.6 Å². The van der Waals surface area contributed by atoms with Gasteiger partial charge in [0.1, 0.15) is 11.3 Å². The van der Waals surface area contributed by atoms with Crippen LogP contribution in [0.25, 0.3) is 22.6 Å². The Bertz CT molecular complexity index is 1530. The Balaban J connectivity index is 1.63. The van der Waals surface area contributed by atoms with Crippen molar-refractivity contribution >= 4 is 21.0 Å². The van der Waals surface area contributed by atoms with Gasteiger partial charge in [-0.05, 0) is 23.3 Å². The van der Waals surface area contributed by atoms with Crippen molar-refractivity contribution in [2.45, 2.75) is 17.3 Å². The van der Waals surface area contributed by atoms with Crippen LogP contribution in [0, 0.1) is 0 Å². The van der Waals surface area contributed by atoms with Crippen molar-refractivity contribution in [1.82, 2.24) is 19.5 Å². The van der Waals surface area contributed by atoms with Crippen LogP contribution < -0.4 is 4.74 Å². The smallest absolute Gasteiger partial charge is 0.202 e. The summed E-state index contributed by atoms with van der Waals surface area (Å²) in [6.07, 6.45) is 1.61. The number of sulfone groups is 1. The highest BCUT2D eigenvalue weighted by Crippen LogP contribution is 2.27. The van der Waals surface area contributed by atoms with Crippen molar-refractivity contribution in [1.29, 1.82) is 0 Å². The Kier molecular flexibility index (Phi) is 5.81. The second-order valence-corrected chi connectivity index (χ2v) is 9.76. The molecule has 0 spiro atoms. The zero-order valence-electron chi connectivity index (χ0n) is 18.5. The number of benzene rings is 3. The van der Waals surface area contributed by atoms with Crippen LogP contribution in [0.15, 0.2) is 96.3 Å². The molecule has 0 atom stereocenters. The summed E-state index contributed by atoms with van der Waals surface area (Å²) in [4.78, 5) is 13.6. The summed E-state index contributed by atoms with van der Waals surface area (Å²) in [5.41, 5.74) is 3.17. The van der Waals surface area contributed by atoms with Crippen LogP contribution >= 0.6 is 0 Å². The van der Waals surface area contributed by atoms with Crippen LogP contribution in [0.3, 0.4) is 0 Å². The maximum absolute atomic E-state index is 13.5. The molecule has 5 aromatic rings. The van der Waals surface area contributed by atoms with Crippen LogP contribution in [0.5, 0.6) is 5.75 Å². The third-order valence-corrected chi connectivity index (χ3v) is 7.06. The first-order valence-electron chi connectivity index (χ1n) is 10.7. The van der Waals surface area contributed by atoms with Crippen molar-refractivity contribution in [2.75, 3.05) is 7.11 Å². The Labute approximate surface area is 197 Å². The summed E-state index contributed by atoms with van der Waals surface area (Å²) in [6.45, 7) is 0.476. The van der Waals surface area contributed by atoms with Gasteiger partial charge in [0.05, 0.1) is 25.7 Å². The average Bonchev–Trinajstić information content (AvgIpc) is 3.27. The second kappa shape index (κ2) is 9.07. The largest absolute Gasteiger partial charge is 0.497 e. The van der Waals surface area contributed by atoms with Crippen LogP contribution in [0.4, 0.5) is 0 Å². The van der Waals surface area contributed by atoms with E-state index in [0.717, 1.165) is 16.9 Å². The Morgan fingerprint density at radius 2 is 1.50 bits per heavy atom. The van der Waals surface area contributed by atoms with Gasteiger partial charge in [-0.1, -0.05) is 72.8 Å². The summed E-state index contributed by atoms with van der Waals surface area (Å²) in [5.74, 6) is 0.943. The molecule has 0 N–H and O–H groups in total. The van der Waals surface area contributed by atoms with Gasteiger partial charge in [0.25, 0.3) is 0 Å². The summed E-state index contributed by atoms with van der Waals surface area (Å²) in [6, 6.07) is 26.1. The number of ether oxygens (including phenoxy) is 1. The molecule has 0 radical (unpaired) electrons. The third kappa shape index (κ3) is 4.40. The second-order valence-electron chi connectivity index (χ2n) is 7.86. The van der Waals surface area contributed by atoms with E-state index in [4.69, 9.17) is 9.72 Å². The molecule has 0 aliphatic rings. The van der Waals surface area contributed by atoms with Crippen LogP contribution in [0.1, 0.15) is 11.1 Å². The first-order chi connectivity index (χ1) is 16.5. The topological polar surface area (TPSA) is 87.0 Å². The molecule has 0 fully saturated rings. The molecular weight excluding hydrogens is 448 g/mol. The summed E-state index contributed by atoms with van der Waals surface area (Å²) >= 11 is 0. The Hall–Kier alpha value is -4.04. The molecule has 3 aromatic carbocycles. The lowest BCUT2D eigenvalue weighted by Gasteiger charge is -2.10. The quantitative estimate of drug-likeness (QED) is 0.325. The maximum Gasteiger partial charge on any atom is 0.202 e. The zero-order valence-corrected chi connectivity index (χ0v) is 19.3. The first-order valence-corrected chi connectivity index (χ1v) is 12.4. The number of aromatic nitrogens is 4. The highest BCUT2D eigenvalue weighted by atomic mass is 32.2. The van der Waals surface area contributed by atoms with E-state index in [1.807, 2.05) is 77.4 Å². The molecule has 0 saturated heterocycles. The van der Waals surface area contributed by atoms with Gasteiger partial charge >= 0.3 is 0 Å². The molecule has 0 amide bonds.